The van der Waals surface area contributed by atoms with Crippen LogP contribution in [0.1, 0.15) is 64.0 Å². The second-order valence-corrected chi connectivity index (χ2v) is 5.84. The number of hydrogen-bond donors (Lipinski definition) is 1. The summed E-state index contributed by atoms with van der Waals surface area (Å²) < 4.78 is 1.88. The number of nitrogens with one attached hydrogen (secondary N) is 1. The summed E-state index contributed by atoms with van der Waals surface area (Å²) in [7, 11) is 1.98. The van der Waals surface area contributed by atoms with Crippen LogP contribution in [0.5, 0.6) is 0 Å². The Kier molecular flexibility index (Phi) is 4.81. The highest BCUT2D eigenvalue weighted by atomic mass is 15.2. The Labute approximate surface area is 111 Å². The van der Waals surface area contributed by atoms with Gasteiger partial charge in [-0.25, -0.2) is 0 Å². The largest absolute Gasteiger partial charge is 0.307 e. The first-order valence-electron chi connectivity index (χ1n) is 7.43. The first-order chi connectivity index (χ1) is 8.69. The average molecular weight is 249 g/mol. The normalized spacial score (nSPS) is 26.2. The summed E-state index contributed by atoms with van der Waals surface area (Å²) in [6.45, 7) is 4.55. The summed E-state index contributed by atoms with van der Waals surface area (Å²) in [6.07, 6.45) is 12.3. The number of rotatable bonds is 5. The van der Waals surface area contributed by atoms with Crippen molar-refractivity contribution in [1.29, 1.82) is 0 Å². The van der Waals surface area contributed by atoms with Gasteiger partial charge in [0.05, 0.1) is 6.20 Å². The van der Waals surface area contributed by atoms with Gasteiger partial charge in [-0.1, -0.05) is 19.8 Å². The maximum absolute atomic E-state index is 4.24. The Morgan fingerprint density at radius 1 is 1.39 bits per heavy atom. The SMILES string of the molecule is CCCC1CCC(NC(C)c2cnn(C)c2)CC1. The molecule has 0 radical (unpaired) electrons. The van der Waals surface area contributed by atoms with Gasteiger partial charge in [-0.3, -0.25) is 4.68 Å². The van der Waals surface area contributed by atoms with E-state index in [2.05, 4.69) is 30.5 Å². The Hall–Kier alpha value is -0.830. The Bertz CT molecular complexity index is 350. The molecule has 1 saturated carbocycles. The van der Waals surface area contributed by atoms with Gasteiger partial charge in [-0.15, -0.1) is 0 Å². The minimum atomic E-state index is 0.423. The molecule has 1 atom stereocenters. The second-order valence-electron chi connectivity index (χ2n) is 5.84. The monoisotopic (exact) mass is 249 g/mol. The number of hydrogen-bond acceptors (Lipinski definition) is 2. The van der Waals surface area contributed by atoms with Gasteiger partial charge in [0.1, 0.15) is 0 Å². The van der Waals surface area contributed by atoms with Gasteiger partial charge in [-0.05, 0) is 38.5 Å². The fourth-order valence-corrected chi connectivity index (χ4v) is 3.14. The van der Waals surface area contributed by atoms with Gasteiger partial charge in [0.25, 0.3) is 0 Å². The van der Waals surface area contributed by atoms with Crippen molar-refractivity contribution < 1.29 is 0 Å². The predicted molar refractivity (Wildman–Crippen MR) is 75.4 cm³/mol. The molecular weight excluding hydrogens is 222 g/mol. The number of aryl methyl sites for hydroxylation is 1. The fraction of sp³-hybridized carbons (Fsp3) is 0.800. The maximum Gasteiger partial charge on any atom is 0.0537 e. The number of nitrogens with zero attached hydrogens (tertiary/aromatic N) is 2. The third kappa shape index (κ3) is 3.58. The highest BCUT2D eigenvalue weighted by Crippen LogP contribution is 2.28. The third-order valence-electron chi connectivity index (χ3n) is 4.25. The Morgan fingerprint density at radius 3 is 2.67 bits per heavy atom. The average Bonchev–Trinajstić information content (AvgIpc) is 2.79. The standard InChI is InChI=1S/C15H27N3/c1-4-5-13-6-8-15(9-7-13)17-12(2)14-10-16-18(3)11-14/h10-13,15,17H,4-9H2,1-3H3. The van der Waals surface area contributed by atoms with E-state index in [1.54, 1.807) is 0 Å². The molecule has 1 heterocycles. The highest BCUT2D eigenvalue weighted by Gasteiger charge is 2.22. The molecule has 1 aromatic heterocycles. The van der Waals surface area contributed by atoms with Gasteiger partial charge >= 0.3 is 0 Å². The topological polar surface area (TPSA) is 29.9 Å². The molecule has 0 bridgehead atoms. The summed E-state index contributed by atoms with van der Waals surface area (Å²) in [6, 6.07) is 1.12. The van der Waals surface area contributed by atoms with Crippen molar-refractivity contribution in [1.82, 2.24) is 15.1 Å². The zero-order valence-corrected chi connectivity index (χ0v) is 12.0. The van der Waals surface area contributed by atoms with E-state index in [9.17, 15) is 0 Å². The van der Waals surface area contributed by atoms with Gasteiger partial charge in [0.2, 0.25) is 0 Å². The van der Waals surface area contributed by atoms with Crippen molar-refractivity contribution in [3.8, 4) is 0 Å². The predicted octanol–water partition coefficient (Wildman–Crippen LogP) is 3.43. The van der Waals surface area contributed by atoms with E-state index in [1.807, 2.05) is 17.9 Å². The quantitative estimate of drug-likeness (QED) is 0.866. The lowest BCUT2D eigenvalue weighted by Crippen LogP contribution is -2.34. The molecule has 3 nitrogen and oxygen atoms in total. The first-order valence-corrected chi connectivity index (χ1v) is 7.43. The Morgan fingerprint density at radius 2 is 2.11 bits per heavy atom. The van der Waals surface area contributed by atoms with Crippen LogP contribution in [-0.4, -0.2) is 15.8 Å². The zero-order chi connectivity index (χ0) is 13.0. The molecule has 1 unspecified atom stereocenters. The molecule has 1 aliphatic rings. The van der Waals surface area contributed by atoms with Crippen molar-refractivity contribution in [2.75, 3.05) is 0 Å². The maximum atomic E-state index is 4.24. The molecule has 0 amide bonds. The second kappa shape index (κ2) is 6.37. The molecular formula is C15H27N3. The van der Waals surface area contributed by atoms with Gasteiger partial charge in [0, 0.05) is 30.9 Å². The Balaban J connectivity index is 1.77. The summed E-state index contributed by atoms with van der Waals surface area (Å²) in [5.74, 6) is 0.988. The molecule has 2 rings (SSSR count). The zero-order valence-electron chi connectivity index (χ0n) is 12.0. The van der Waals surface area contributed by atoms with E-state index in [1.165, 1.54) is 44.1 Å². The fourth-order valence-electron chi connectivity index (χ4n) is 3.14. The van der Waals surface area contributed by atoms with Crippen LogP contribution in [0.4, 0.5) is 0 Å². The smallest absolute Gasteiger partial charge is 0.0537 e. The molecule has 1 fully saturated rings. The molecule has 1 aromatic rings. The van der Waals surface area contributed by atoms with Crippen molar-refractivity contribution in [2.45, 2.75) is 64.5 Å². The van der Waals surface area contributed by atoms with Crippen molar-refractivity contribution in [3.63, 3.8) is 0 Å². The minimum Gasteiger partial charge on any atom is -0.307 e. The molecule has 1 N–H and O–H groups in total. The van der Waals surface area contributed by atoms with Crippen LogP contribution >= 0.6 is 0 Å². The lowest BCUT2D eigenvalue weighted by Gasteiger charge is -2.31. The van der Waals surface area contributed by atoms with E-state index < -0.39 is 0 Å². The molecule has 0 spiro atoms. The van der Waals surface area contributed by atoms with Crippen molar-refractivity contribution in [3.05, 3.63) is 18.0 Å². The van der Waals surface area contributed by atoms with Gasteiger partial charge in [-0.2, -0.15) is 5.10 Å². The highest BCUT2D eigenvalue weighted by molar-refractivity contribution is 5.09. The van der Waals surface area contributed by atoms with Gasteiger partial charge in [0.15, 0.2) is 0 Å². The summed E-state index contributed by atoms with van der Waals surface area (Å²) in [5, 5.41) is 8.00. The minimum absolute atomic E-state index is 0.423. The van der Waals surface area contributed by atoms with E-state index in [0.29, 0.717) is 12.1 Å². The van der Waals surface area contributed by atoms with Crippen molar-refractivity contribution in [2.24, 2.45) is 13.0 Å². The molecule has 18 heavy (non-hydrogen) atoms. The molecule has 3 heteroatoms. The van der Waals surface area contributed by atoms with Crippen LogP contribution in [0, 0.1) is 5.92 Å². The number of aromatic nitrogens is 2. The summed E-state index contributed by atoms with van der Waals surface area (Å²) in [5.41, 5.74) is 1.30. The molecule has 1 aliphatic carbocycles. The first kappa shape index (κ1) is 13.6. The van der Waals surface area contributed by atoms with Crippen molar-refractivity contribution >= 4 is 0 Å². The van der Waals surface area contributed by atoms with Crippen LogP contribution in [0.2, 0.25) is 0 Å². The van der Waals surface area contributed by atoms with Crippen LogP contribution < -0.4 is 5.32 Å². The molecule has 0 saturated heterocycles. The molecule has 0 aliphatic heterocycles. The van der Waals surface area contributed by atoms with E-state index in [-0.39, 0.29) is 0 Å². The van der Waals surface area contributed by atoms with E-state index >= 15 is 0 Å². The van der Waals surface area contributed by atoms with E-state index in [4.69, 9.17) is 0 Å². The summed E-state index contributed by atoms with van der Waals surface area (Å²) in [4.78, 5) is 0. The van der Waals surface area contributed by atoms with Crippen LogP contribution in [0.25, 0.3) is 0 Å². The van der Waals surface area contributed by atoms with Gasteiger partial charge < -0.3 is 5.32 Å². The van der Waals surface area contributed by atoms with Crippen LogP contribution in [0.3, 0.4) is 0 Å². The lowest BCUT2D eigenvalue weighted by molar-refractivity contribution is 0.266. The molecule has 102 valence electrons. The van der Waals surface area contributed by atoms with Crippen LogP contribution in [-0.2, 0) is 7.05 Å². The van der Waals surface area contributed by atoms with E-state index in [0.717, 1.165) is 5.92 Å². The molecule has 0 aromatic carbocycles. The summed E-state index contributed by atoms with van der Waals surface area (Å²) >= 11 is 0. The lowest BCUT2D eigenvalue weighted by atomic mass is 9.83. The van der Waals surface area contributed by atoms with Crippen LogP contribution in [0.15, 0.2) is 12.4 Å². The third-order valence-corrected chi connectivity index (χ3v) is 4.25.